The van der Waals surface area contributed by atoms with Gasteiger partial charge in [-0.3, -0.25) is 14.9 Å². The zero-order valence-corrected chi connectivity index (χ0v) is 16.7. The van der Waals surface area contributed by atoms with Crippen molar-refractivity contribution in [3.63, 3.8) is 0 Å². The smallest absolute Gasteiger partial charge is 0.321 e. The minimum atomic E-state index is -0.857. The normalized spacial score (nSPS) is 22.1. The Morgan fingerprint density at radius 3 is 2.59 bits per heavy atom. The second kappa shape index (κ2) is 9.52. The van der Waals surface area contributed by atoms with Crippen LogP contribution in [0.2, 0.25) is 5.02 Å². The summed E-state index contributed by atoms with van der Waals surface area (Å²) in [6, 6.07) is 0.833. The SMILES string of the molecule is O=C1CC[C@@H](C(=O)N[C@H](c2c(F)ccc(Cl)c2F)C2CCCC2)CCNC(=O)N1. The maximum atomic E-state index is 14.7. The molecule has 29 heavy (non-hydrogen) atoms. The maximum Gasteiger partial charge on any atom is 0.321 e. The second-order valence-electron chi connectivity index (χ2n) is 7.62. The largest absolute Gasteiger partial charge is 0.349 e. The zero-order chi connectivity index (χ0) is 21.0. The molecule has 1 aliphatic carbocycles. The van der Waals surface area contributed by atoms with Gasteiger partial charge >= 0.3 is 6.03 Å². The van der Waals surface area contributed by atoms with Crippen LogP contribution in [0.4, 0.5) is 13.6 Å². The fourth-order valence-electron chi connectivity index (χ4n) is 4.12. The number of hydrogen-bond acceptors (Lipinski definition) is 3. The van der Waals surface area contributed by atoms with Crippen molar-refractivity contribution in [3.05, 3.63) is 34.4 Å². The molecule has 0 radical (unpaired) electrons. The number of amides is 4. The van der Waals surface area contributed by atoms with Gasteiger partial charge in [0, 0.05) is 24.4 Å². The van der Waals surface area contributed by atoms with Gasteiger partial charge < -0.3 is 10.6 Å². The van der Waals surface area contributed by atoms with Gasteiger partial charge in [-0.15, -0.1) is 0 Å². The molecular formula is C20H24ClF2N3O3. The van der Waals surface area contributed by atoms with Crippen LogP contribution in [0.3, 0.4) is 0 Å². The van der Waals surface area contributed by atoms with E-state index in [9.17, 15) is 23.2 Å². The van der Waals surface area contributed by atoms with Gasteiger partial charge in [0.2, 0.25) is 11.8 Å². The molecule has 3 N–H and O–H groups in total. The Morgan fingerprint density at radius 2 is 1.86 bits per heavy atom. The molecule has 0 aromatic heterocycles. The summed E-state index contributed by atoms with van der Waals surface area (Å²) < 4.78 is 29.2. The van der Waals surface area contributed by atoms with Crippen molar-refractivity contribution < 1.29 is 23.2 Å². The topological polar surface area (TPSA) is 87.3 Å². The van der Waals surface area contributed by atoms with Gasteiger partial charge in [0.25, 0.3) is 0 Å². The molecule has 6 nitrogen and oxygen atoms in total. The molecule has 1 saturated heterocycles. The lowest BCUT2D eigenvalue weighted by atomic mass is 9.89. The number of nitrogens with one attached hydrogen (secondary N) is 3. The zero-order valence-electron chi connectivity index (χ0n) is 15.9. The maximum absolute atomic E-state index is 14.7. The van der Waals surface area contributed by atoms with Crippen LogP contribution >= 0.6 is 11.6 Å². The average molecular weight is 428 g/mol. The van der Waals surface area contributed by atoms with E-state index in [1.807, 2.05) is 0 Å². The van der Waals surface area contributed by atoms with Crippen LogP contribution in [-0.2, 0) is 9.59 Å². The van der Waals surface area contributed by atoms with Crippen molar-refractivity contribution in [2.45, 2.75) is 51.0 Å². The first-order valence-electron chi connectivity index (χ1n) is 9.88. The van der Waals surface area contributed by atoms with Gasteiger partial charge in [0.05, 0.1) is 11.1 Å². The average Bonchev–Trinajstić information content (AvgIpc) is 3.22. The predicted molar refractivity (Wildman–Crippen MR) is 103 cm³/mol. The lowest BCUT2D eigenvalue weighted by molar-refractivity contribution is -0.127. The van der Waals surface area contributed by atoms with Crippen molar-refractivity contribution in [2.24, 2.45) is 11.8 Å². The monoisotopic (exact) mass is 427 g/mol. The number of benzene rings is 1. The van der Waals surface area contributed by atoms with Crippen LogP contribution < -0.4 is 16.0 Å². The molecule has 2 aliphatic rings. The van der Waals surface area contributed by atoms with E-state index in [0.717, 1.165) is 37.8 Å². The van der Waals surface area contributed by atoms with Gasteiger partial charge in [-0.25, -0.2) is 13.6 Å². The summed E-state index contributed by atoms with van der Waals surface area (Å²) in [7, 11) is 0. The van der Waals surface area contributed by atoms with Crippen molar-refractivity contribution >= 4 is 29.4 Å². The van der Waals surface area contributed by atoms with E-state index in [-0.39, 0.29) is 41.8 Å². The minimum absolute atomic E-state index is 0.0134. The highest BCUT2D eigenvalue weighted by Gasteiger charge is 2.34. The van der Waals surface area contributed by atoms with E-state index >= 15 is 0 Å². The summed E-state index contributed by atoms with van der Waals surface area (Å²) in [4.78, 5) is 36.2. The number of carbonyl (C=O) groups is 3. The molecular weight excluding hydrogens is 404 g/mol. The molecule has 9 heteroatoms. The summed E-state index contributed by atoms with van der Waals surface area (Å²) in [5.41, 5.74) is -0.216. The number of hydrogen-bond donors (Lipinski definition) is 3. The van der Waals surface area contributed by atoms with E-state index in [2.05, 4.69) is 16.0 Å². The first kappa shape index (κ1) is 21.5. The number of carbonyl (C=O) groups excluding carboxylic acids is 3. The minimum Gasteiger partial charge on any atom is -0.349 e. The fourth-order valence-corrected chi connectivity index (χ4v) is 4.29. The highest BCUT2D eigenvalue weighted by Crippen LogP contribution is 2.39. The Balaban J connectivity index is 1.82. The van der Waals surface area contributed by atoms with Crippen molar-refractivity contribution in [3.8, 4) is 0 Å². The Hall–Kier alpha value is -2.22. The van der Waals surface area contributed by atoms with Crippen molar-refractivity contribution in [1.29, 1.82) is 0 Å². The summed E-state index contributed by atoms with van der Waals surface area (Å²) in [6.07, 6.45) is 3.93. The van der Waals surface area contributed by atoms with Gasteiger partial charge in [-0.05, 0) is 43.7 Å². The molecule has 1 heterocycles. The van der Waals surface area contributed by atoms with Crippen LogP contribution in [0.1, 0.15) is 56.6 Å². The van der Waals surface area contributed by atoms with Crippen LogP contribution in [0, 0.1) is 23.5 Å². The Kier molecular flexibility index (Phi) is 7.05. The fraction of sp³-hybridized carbons (Fsp3) is 0.550. The third-order valence-electron chi connectivity index (χ3n) is 5.68. The Morgan fingerprint density at radius 1 is 1.14 bits per heavy atom. The lowest BCUT2D eigenvalue weighted by Gasteiger charge is -2.28. The third-order valence-corrected chi connectivity index (χ3v) is 5.97. The van der Waals surface area contributed by atoms with Crippen LogP contribution in [0.5, 0.6) is 0 Å². The lowest BCUT2D eigenvalue weighted by Crippen LogP contribution is -2.39. The van der Waals surface area contributed by atoms with Crippen LogP contribution in [0.15, 0.2) is 12.1 Å². The summed E-state index contributed by atoms with van der Waals surface area (Å²) in [6.45, 7) is 0.213. The number of imide groups is 1. The Bertz CT molecular complexity index is 799. The van der Waals surface area contributed by atoms with Gasteiger partial charge in [-0.1, -0.05) is 24.4 Å². The molecule has 0 spiro atoms. The highest BCUT2D eigenvalue weighted by molar-refractivity contribution is 6.30. The quantitative estimate of drug-likeness (QED) is 0.642. The van der Waals surface area contributed by atoms with Crippen molar-refractivity contribution in [2.75, 3.05) is 6.54 Å². The standard InChI is InChI=1S/C20H24ClF2N3O3/c21-13-6-7-14(22)16(17(13)23)18(11-3-1-2-4-11)26-19(28)12-5-8-15(27)25-20(29)24-10-9-12/h6-7,11-12,18H,1-5,8-10H2,(H,26,28)(H2,24,25,27,29)/t12-,18+/m1/s1. The van der Waals surface area contributed by atoms with E-state index in [1.165, 1.54) is 0 Å². The summed E-state index contributed by atoms with van der Waals surface area (Å²) >= 11 is 5.87. The first-order valence-corrected chi connectivity index (χ1v) is 10.3. The molecule has 1 aromatic rings. The molecule has 0 unspecified atom stereocenters. The predicted octanol–water partition coefficient (Wildman–Crippen LogP) is 3.59. The van der Waals surface area contributed by atoms with E-state index in [4.69, 9.17) is 11.6 Å². The number of urea groups is 1. The molecule has 0 bridgehead atoms. The van der Waals surface area contributed by atoms with Gasteiger partial charge in [-0.2, -0.15) is 0 Å². The van der Waals surface area contributed by atoms with Crippen LogP contribution in [-0.4, -0.2) is 24.4 Å². The van der Waals surface area contributed by atoms with E-state index in [0.29, 0.717) is 6.42 Å². The molecule has 2 atom stereocenters. The molecule has 2 fully saturated rings. The first-order chi connectivity index (χ1) is 13.9. The molecule has 1 aromatic carbocycles. The van der Waals surface area contributed by atoms with E-state index in [1.54, 1.807) is 0 Å². The third kappa shape index (κ3) is 5.23. The van der Waals surface area contributed by atoms with Crippen LogP contribution in [0.25, 0.3) is 0 Å². The Labute approximate surface area is 172 Å². The summed E-state index contributed by atoms with van der Waals surface area (Å²) in [5, 5.41) is 7.33. The number of rotatable bonds is 4. The van der Waals surface area contributed by atoms with Gasteiger partial charge in [0.1, 0.15) is 11.6 Å². The van der Waals surface area contributed by atoms with Crippen molar-refractivity contribution in [1.82, 2.24) is 16.0 Å². The molecule has 4 amide bonds. The molecule has 1 saturated carbocycles. The summed E-state index contributed by atoms with van der Waals surface area (Å²) in [5.74, 6) is -3.12. The highest BCUT2D eigenvalue weighted by atomic mass is 35.5. The molecule has 158 valence electrons. The molecule has 1 aliphatic heterocycles. The second-order valence-corrected chi connectivity index (χ2v) is 8.02. The molecule has 3 rings (SSSR count). The number of halogens is 3. The van der Waals surface area contributed by atoms with Gasteiger partial charge in [0.15, 0.2) is 0 Å². The van der Waals surface area contributed by atoms with E-state index < -0.39 is 35.5 Å².